The number of carbonyl (C=O) groups excluding carboxylic acids is 2. The Morgan fingerprint density at radius 1 is 1.00 bits per heavy atom. The first-order chi connectivity index (χ1) is 16.0. The first kappa shape index (κ1) is 23.8. The van der Waals surface area contributed by atoms with Crippen molar-refractivity contribution >= 4 is 29.7 Å². The molecule has 0 aliphatic rings. The summed E-state index contributed by atoms with van der Waals surface area (Å²) in [4.78, 5) is 24.3. The van der Waals surface area contributed by atoms with Crippen LogP contribution >= 0.6 is 11.6 Å². The summed E-state index contributed by atoms with van der Waals surface area (Å²) >= 11 is 5.84. The number of amides is 1. The number of hydrogen-bond donors (Lipinski definition) is 1. The van der Waals surface area contributed by atoms with Crippen LogP contribution in [0.15, 0.2) is 71.8 Å². The molecule has 0 aliphatic heterocycles. The van der Waals surface area contributed by atoms with Gasteiger partial charge in [-0.1, -0.05) is 30.7 Å². The normalized spacial score (nSPS) is 10.6. The molecule has 33 heavy (non-hydrogen) atoms. The highest BCUT2D eigenvalue weighted by Crippen LogP contribution is 2.28. The monoisotopic (exact) mass is 466 g/mol. The molecule has 8 heteroatoms. The maximum atomic E-state index is 12.3. The van der Waals surface area contributed by atoms with Crippen LogP contribution in [0.25, 0.3) is 0 Å². The molecule has 0 spiro atoms. The highest BCUT2D eigenvalue weighted by atomic mass is 35.5. The molecule has 0 fully saturated rings. The van der Waals surface area contributed by atoms with Crippen molar-refractivity contribution in [3.63, 3.8) is 0 Å². The zero-order valence-electron chi connectivity index (χ0n) is 18.2. The number of esters is 1. The number of methoxy groups -OCH3 is 1. The van der Waals surface area contributed by atoms with Crippen molar-refractivity contribution in [2.24, 2.45) is 5.10 Å². The van der Waals surface area contributed by atoms with E-state index in [1.807, 2.05) is 24.3 Å². The van der Waals surface area contributed by atoms with Crippen LogP contribution in [0.3, 0.4) is 0 Å². The van der Waals surface area contributed by atoms with E-state index >= 15 is 0 Å². The maximum Gasteiger partial charge on any atom is 0.343 e. The summed E-state index contributed by atoms with van der Waals surface area (Å²) in [7, 11) is 1.46. The molecule has 0 unspecified atom stereocenters. The van der Waals surface area contributed by atoms with Crippen molar-refractivity contribution in [2.45, 2.75) is 13.3 Å². The molecule has 1 amide bonds. The predicted molar refractivity (Wildman–Crippen MR) is 126 cm³/mol. The molecule has 0 bridgehead atoms. The number of hydrogen-bond acceptors (Lipinski definition) is 6. The maximum absolute atomic E-state index is 12.3. The van der Waals surface area contributed by atoms with Crippen molar-refractivity contribution in [3.8, 4) is 17.2 Å². The number of benzene rings is 3. The van der Waals surface area contributed by atoms with E-state index in [2.05, 4.69) is 17.5 Å². The average molecular weight is 467 g/mol. The van der Waals surface area contributed by atoms with Crippen LogP contribution in [0.4, 0.5) is 0 Å². The summed E-state index contributed by atoms with van der Waals surface area (Å²) in [5, 5.41) is 4.45. The second-order valence-electron chi connectivity index (χ2n) is 6.89. The third kappa shape index (κ3) is 7.08. The van der Waals surface area contributed by atoms with Crippen molar-refractivity contribution in [1.82, 2.24) is 5.43 Å². The van der Waals surface area contributed by atoms with Gasteiger partial charge in [0.05, 0.1) is 18.9 Å². The van der Waals surface area contributed by atoms with Gasteiger partial charge in [-0.15, -0.1) is 0 Å². The van der Waals surface area contributed by atoms with Crippen molar-refractivity contribution in [2.75, 3.05) is 13.7 Å². The molecule has 1 N–H and O–H groups in total. The molecule has 0 radical (unpaired) electrons. The molecular formula is C25H23ClN2O5. The zero-order valence-corrected chi connectivity index (χ0v) is 19.0. The van der Waals surface area contributed by atoms with Crippen LogP contribution < -0.4 is 19.6 Å². The van der Waals surface area contributed by atoms with Crippen LogP contribution in [0.1, 0.15) is 28.4 Å². The van der Waals surface area contributed by atoms with Crippen LogP contribution in [0, 0.1) is 0 Å². The molecule has 3 aromatic rings. The lowest BCUT2D eigenvalue weighted by Crippen LogP contribution is -2.24. The Labute approximate surface area is 196 Å². The van der Waals surface area contributed by atoms with E-state index in [0.717, 1.165) is 6.42 Å². The fourth-order valence-corrected chi connectivity index (χ4v) is 2.90. The number of rotatable bonds is 9. The summed E-state index contributed by atoms with van der Waals surface area (Å²) in [5.74, 6) is 0.265. The summed E-state index contributed by atoms with van der Waals surface area (Å²) < 4.78 is 16.2. The van der Waals surface area contributed by atoms with Crippen LogP contribution in [0.5, 0.6) is 17.2 Å². The Balaban J connectivity index is 1.54. The third-order valence-electron chi connectivity index (χ3n) is 4.57. The lowest BCUT2D eigenvalue weighted by Gasteiger charge is -2.10. The summed E-state index contributed by atoms with van der Waals surface area (Å²) in [6, 6.07) is 18.8. The van der Waals surface area contributed by atoms with E-state index < -0.39 is 11.9 Å². The highest BCUT2D eigenvalue weighted by molar-refractivity contribution is 6.30. The lowest BCUT2D eigenvalue weighted by atomic mass is 10.2. The number of carbonyl (C=O) groups is 2. The molecule has 0 saturated heterocycles. The standard InChI is InChI=1S/C25H23ClN2O5/c1-3-17-4-11-21(12-5-17)32-16-24(29)28-27-15-18-6-13-22(23(14-18)31-2)33-25(30)19-7-9-20(26)10-8-19/h4-15H,3,16H2,1-2H3,(H,28,29)/b27-15+. The first-order valence-electron chi connectivity index (χ1n) is 10.2. The van der Waals surface area contributed by atoms with E-state index in [0.29, 0.717) is 27.6 Å². The van der Waals surface area contributed by atoms with Gasteiger partial charge >= 0.3 is 5.97 Å². The van der Waals surface area contributed by atoms with E-state index in [1.165, 1.54) is 18.9 Å². The minimum atomic E-state index is -0.539. The van der Waals surface area contributed by atoms with Gasteiger partial charge in [0.1, 0.15) is 5.75 Å². The van der Waals surface area contributed by atoms with Gasteiger partial charge in [0.25, 0.3) is 5.91 Å². The van der Waals surface area contributed by atoms with Crippen molar-refractivity contribution in [3.05, 3.63) is 88.4 Å². The summed E-state index contributed by atoms with van der Waals surface area (Å²) in [6.07, 6.45) is 2.38. The Bertz CT molecular complexity index is 1130. The number of aryl methyl sites for hydroxylation is 1. The van der Waals surface area contributed by atoms with Gasteiger partial charge in [0.2, 0.25) is 0 Å². The minimum absolute atomic E-state index is 0.161. The molecule has 0 aromatic heterocycles. The fourth-order valence-electron chi connectivity index (χ4n) is 2.77. The summed E-state index contributed by atoms with van der Waals surface area (Å²) in [6.45, 7) is 1.91. The zero-order chi connectivity index (χ0) is 23.6. The first-order valence-corrected chi connectivity index (χ1v) is 10.6. The van der Waals surface area contributed by atoms with Gasteiger partial charge in [0, 0.05) is 5.02 Å². The molecule has 0 atom stereocenters. The lowest BCUT2D eigenvalue weighted by molar-refractivity contribution is -0.123. The van der Waals surface area contributed by atoms with Gasteiger partial charge < -0.3 is 14.2 Å². The second-order valence-corrected chi connectivity index (χ2v) is 7.32. The number of hydrazone groups is 1. The average Bonchev–Trinajstić information content (AvgIpc) is 2.84. The summed E-state index contributed by atoms with van der Waals surface area (Å²) in [5.41, 5.74) is 4.59. The molecule has 0 saturated carbocycles. The molecule has 3 rings (SSSR count). The molecule has 3 aromatic carbocycles. The minimum Gasteiger partial charge on any atom is -0.493 e. The van der Waals surface area contributed by atoms with E-state index in [4.69, 9.17) is 25.8 Å². The van der Waals surface area contributed by atoms with Gasteiger partial charge in [-0.05, 0) is 72.1 Å². The van der Waals surface area contributed by atoms with Gasteiger partial charge in [-0.3, -0.25) is 4.79 Å². The quantitative estimate of drug-likeness (QED) is 0.214. The third-order valence-corrected chi connectivity index (χ3v) is 4.83. The molecule has 170 valence electrons. The van der Waals surface area contributed by atoms with E-state index in [1.54, 1.807) is 42.5 Å². The fraction of sp³-hybridized carbons (Fsp3) is 0.160. The number of ether oxygens (including phenoxy) is 3. The second kappa shape index (κ2) is 11.7. The van der Waals surface area contributed by atoms with Crippen molar-refractivity contribution < 1.29 is 23.8 Å². The Hall–Kier alpha value is -3.84. The van der Waals surface area contributed by atoms with E-state index in [-0.39, 0.29) is 12.4 Å². The molecular weight excluding hydrogens is 444 g/mol. The van der Waals surface area contributed by atoms with E-state index in [9.17, 15) is 9.59 Å². The SMILES string of the molecule is CCc1ccc(OCC(=O)N/N=C/c2ccc(OC(=O)c3ccc(Cl)cc3)c(OC)c2)cc1. The smallest absolute Gasteiger partial charge is 0.343 e. The predicted octanol–water partition coefficient (Wildman–Crippen LogP) is 4.66. The largest absolute Gasteiger partial charge is 0.493 e. The molecule has 0 heterocycles. The Morgan fingerprint density at radius 3 is 2.39 bits per heavy atom. The van der Waals surface area contributed by atoms with Crippen LogP contribution in [-0.2, 0) is 11.2 Å². The van der Waals surface area contributed by atoms with Crippen molar-refractivity contribution in [1.29, 1.82) is 0 Å². The number of halogens is 1. The number of nitrogens with zero attached hydrogens (tertiary/aromatic N) is 1. The van der Waals surface area contributed by atoms with Crippen LogP contribution in [-0.4, -0.2) is 31.8 Å². The number of nitrogens with one attached hydrogen (secondary N) is 1. The highest BCUT2D eigenvalue weighted by Gasteiger charge is 2.13. The Kier molecular flexibility index (Phi) is 8.43. The Morgan fingerprint density at radius 2 is 1.73 bits per heavy atom. The molecule has 7 nitrogen and oxygen atoms in total. The van der Waals surface area contributed by atoms with Gasteiger partial charge in [-0.25, -0.2) is 10.2 Å². The van der Waals surface area contributed by atoms with Gasteiger partial charge in [0.15, 0.2) is 18.1 Å². The van der Waals surface area contributed by atoms with Gasteiger partial charge in [-0.2, -0.15) is 5.10 Å². The van der Waals surface area contributed by atoms with Crippen LogP contribution in [0.2, 0.25) is 5.02 Å². The topological polar surface area (TPSA) is 86.2 Å². The molecule has 0 aliphatic carbocycles.